The first-order chi connectivity index (χ1) is 12.2. The van der Waals surface area contributed by atoms with E-state index in [0.29, 0.717) is 17.8 Å². The molecule has 1 aliphatic rings. The minimum absolute atomic E-state index is 0. The van der Waals surface area contributed by atoms with Crippen molar-refractivity contribution in [2.24, 2.45) is 4.99 Å². The molecule has 2 rings (SSSR count). The lowest BCUT2D eigenvalue weighted by Crippen LogP contribution is -2.46. The van der Waals surface area contributed by atoms with Crippen LogP contribution in [-0.2, 0) is 23.8 Å². The van der Waals surface area contributed by atoms with E-state index in [0.717, 1.165) is 50.4 Å². The fraction of sp³-hybridized carbons (Fsp3) is 0.650. The summed E-state index contributed by atoms with van der Waals surface area (Å²) in [5, 5.41) is 7.27. The van der Waals surface area contributed by atoms with Crippen LogP contribution in [0.25, 0.3) is 0 Å². The molecule has 0 bridgehead atoms. The SMILES string of the molecule is CCNC(=NCc1ccccc1CC)NC1CCCC(S(=O)CC)C1.I. The summed E-state index contributed by atoms with van der Waals surface area (Å²) in [7, 11) is -0.691. The Labute approximate surface area is 178 Å². The van der Waals surface area contributed by atoms with Crippen LogP contribution in [0.3, 0.4) is 0 Å². The van der Waals surface area contributed by atoms with Crippen LogP contribution in [0.4, 0.5) is 0 Å². The average molecular weight is 491 g/mol. The van der Waals surface area contributed by atoms with Gasteiger partial charge in [0.25, 0.3) is 0 Å². The van der Waals surface area contributed by atoms with Crippen LogP contribution in [0.5, 0.6) is 0 Å². The van der Waals surface area contributed by atoms with Crippen LogP contribution >= 0.6 is 24.0 Å². The Morgan fingerprint density at radius 1 is 1.19 bits per heavy atom. The van der Waals surface area contributed by atoms with Crippen LogP contribution in [-0.4, -0.2) is 33.8 Å². The number of benzene rings is 1. The van der Waals surface area contributed by atoms with Crippen molar-refractivity contribution in [1.29, 1.82) is 0 Å². The Kier molecular flexibility index (Phi) is 11.4. The number of hydrogen-bond donors (Lipinski definition) is 2. The van der Waals surface area contributed by atoms with Gasteiger partial charge in [-0.2, -0.15) is 0 Å². The second kappa shape index (κ2) is 12.7. The summed E-state index contributed by atoms with van der Waals surface area (Å²) in [5.74, 6) is 1.64. The third-order valence-electron chi connectivity index (χ3n) is 4.87. The van der Waals surface area contributed by atoms with Gasteiger partial charge in [-0.05, 0) is 43.7 Å². The summed E-state index contributed by atoms with van der Waals surface area (Å²) in [6.07, 6.45) is 5.38. The first-order valence-corrected chi connectivity index (χ1v) is 11.0. The standard InChI is InChI=1S/C20H33N3OS.HI/c1-4-16-10-7-8-11-17(16)15-22-20(21-5-2)23-18-12-9-13-19(14-18)25(24)6-3;/h7-8,10-11,18-19H,4-6,9,12-15H2,1-3H3,(H2,21,22,23);1H. The third kappa shape index (κ3) is 7.18. The number of nitrogens with zero attached hydrogens (tertiary/aromatic N) is 1. The molecule has 1 aromatic carbocycles. The van der Waals surface area contributed by atoms with Crippen LogP contribution in [0.1, 0.15) is 57.6 Å². The van der Waals surface area contributed by atoms with Crippen molar-refractivity contribution in [2.45, 2.75) is 70.7 Å². The fourth-order valence-electron chi connectivity index (χ4n) is 3.48. The molecular formula is C20H34IN3OS. The second-order valence-electron chi connectivity index (χ2n) is 6.62. The van der Waals surface area contributed by atoms with Gasteiger partial charge in [-0.1, -0.05) is 44.5 Å². The van der Waals surface area contributed by atoms with E-state index in [9.17, 15) is 4.21 Å². The van der Waals surface area contributed by atoms with E-state index in [4.69, 9.17) is 4.99 Å². The van der Waals surface area contributed by atoms with E-state index in [1.165, 1.54) is 11.1 Å². The average Bonchev–Trinajstić information content (AvgIpc) is 2.66. The number of nitrogens with one attached hydrogen (secondary N) is 2. The highest BCUT2D eigenvalue weighted by Crippen LogP contribution is 2.23. The summed E-state index contributed by atoms with van der Waals surface area (Å²) in [6.45, 7) is 7.83. The van der Waals surface area contributed by atoms with Crippen LogP contribution < -0.4 is 10.6 Å². The van der Waals surface area contributed by atoms with Gasteiger partial charge in [-0.3, -0.25) is 4.21 Å². The van der Waals surface area contributed by atoms with Crippen LogP contribution in [0.2, 0.25) is 0 Å². The number of hydrogen-bond acceptors (Lipinski definition) is 2. The van der Waals surface area contributed by atoms with Crippen molar-refractivity contribution in [3.8, 4) is 0 Å². The zero-order valence-electron chi connectivity index (χ0n) is 16.3. The predicted molar refractivity (Wildman–Crippen MR) is 124 cm³/mol. The summed E-state index contributed by atoms with van der Waals surface area (Å²) in [4.78, 5) is 4.80. The molecule has 0 amide bonds. The first kappa shape index (κ1) is 23.4. The van der Waals surface area contributed by atoms with Crippen molar-refractivity contribution in [3.63, 3.8) is 0 Å². The smallest absolute Gasteiger partial charge is 0.191 e. The van der Waals surface area contributed by atoms with Crippen LogP contribution in [0, 0.1) is 0 Å². The fourth-order valence-corrected chi connectivity index (χ4v) is 4.83. The van der Waals surface area contributed by atoms with E-state index in [-0.39, 0.29) is 24.0 Å². The molecule has 1 saturated carbocycles. The largest absolute Gasteiger partial charge is 0.357 e. The Morgan fingerprint density at radius 2 is 1.92 bits per heavy atom. The lowest BCUT2D eigenvalue weighted by molar-refractivity contribution is 0.413. The van der Waals surface area contributed by atoms with Gasteiger partial charge in [0.1, 0.15) is 0 Å². The molecule has 0 heterocycles. The van der Waals surface area contributed by atoms with Gasteiger partial charge < -0.3 is 10.6 Å². The number of aliphatic imine (C=N–C) groups is 1. The summed E-state index contributed by atoms with van der Waals surface area (Å²) < 4.78 is 12.1. The summed E-state index contributed by atoms with van der Waals surface area (Å²) in [5.41, 5.74) is 2.65. The van der Waals surface area contributed by atoms with Gasteiger partial charge in [-0.15, -0.1) is 24.0 Å². The van der Waals surface area contributed by atoms with Crippen LogP contribution in [0.15, 0.2) is 29.3 Å². The first-order valence-electron chi connectivity index (χ1n) is 9.66. The van der Waals surface area contributed by atoms with Crippen molar-refractivity contribution >= 4 is 40.7 Å². The molecule has 0 aromatic heterocycles. The molecule has 6 heteroatoms. The summed E-state index contributed by atoms with van der Waals surface area (Å²) in [6, 6.07) is 8.87. The molecule has 0 spiro atoms. The van der Waals surface area contributed by atoms with Gasteiger partial charge in [0, 0.05) is 34.4 Å². The predicted octanol–water partition coefficient (Wildman–Crippen LogP) is 4.00. The highest BCUT2D eigenvalue weighted by atomic mass is 127. The van der Waals surface area contributed by atoms with Crippen molar-refractivity contribution < 1.29 is 4.21 Å². The maximum Gasteiger partial charge on any atom is 0.191 e. The van der Waals surface area contributed by atoms with E-state index < -0.39 is 10.8 Å². The molecule has 1 fully saturated rings. The zero-order chi connectivity index (χ0) is 18.1. The topological polar surface area (TPSA) is 53.5 Å². The second-order valence-corrected chi connectivity index (χ2v) is 8.62. The Morgan fingerprint density at radius 3 is 2.58 bits per heavy atom. The van der Waals surface area contributed by atoms with Gasteiger partial charge in [0.15, 0.2) is 5.96 Å². The minimum Gasteiger partial charge on any atom is -0.357 e. The molecule has 3 unspecified atom stereocenters. The highest BCUT2D eigenvalue weighted by molar-refractivity contribution is 14.0. The molecule has 2 N–H and O–H groups in total. The number of rotatable bonds is 7. The molecule has 4 nitrogen and oxygen atoms in total. The molecule has 148 valence electrons. The highest BCUT2D eigenvalue weighted by Gasteiger charge is 2.26. The maximum absolute atomic E-state index is 12.1. The van der Waals surface area contributed by atoms with E-state index in [1.807, 2.05) is 6.92 Å². The van der Waals surface area contributed by atoms with E-state index in [2.05, 4.69) is 48.7 Å². The van der Waals surface area contributed by atoms with Gasteiger partial charge >= 0.3 is 0 Å². The maximum atomic E-state index is 12.1. The lowest BCUT2D eigenvalue weighted by Gasteiger charge is -2.30. The molecule has 1 aromatic rings. The number of aryl methyl sites for hydroxylation is 1. The molecule has 0 aliphatic heterocycles. The Balaban J connectivity index is 0.00000338. The zero-order valence-corrected chi connectivity index (χ0v) is 19.4. The molecule has 0 radical (unpaired) electrons. The molecule has 26 heavy (non-hydrogen) atoms. The monoisotopic (exact) mass is 491 g/mol. The van der Waals surface area contributed by atoms with Gasteiger partial charge in [-0.25, -0.2) is 4.99 Å². The third-order valence-corrected chi connectivity index (χ3v) is 6.62. The molecule has 1 aliphatic carbocycles. The molecule has 0 saturated heterocycles. The normalized spacial score (nSPS) is 21.6. The van der Waals surface area contributed by atoms with Crippen molar-refractivity contribution in [3.05, 3.63) is 35.4 Å². The van der Waals surface area contributed by atoms with E-state index >= 15 is 0 Å². The molecular weight excluding hydrogens is 457 g/mol. The molecule has 3 atom stereocenters. The quantitative estimate of drug-likeness (QED) is 0.345. The van der Waals surface area contributed by atoms with E-state index in [1.54, 1.807) is 0 Å². The number of guanidine groups is 1. The lowest BCUT2D eigenvalue weighted by atomic mass is 9.95. The van der Waals surface area contributed by atoms with Crippen molar-refractivity contribution in [2.75, 3.05) is 12.3 Å². The van der Waals surface area contributed by atoms with Gasteiger partial charge in [0.2, 0.25) is 0 Å². The minimum atomic E-state index is -0.691. The Bertz CT molecular complexity index is 594. The Hall–Kier alpha value is -0.630. The van der Waals surface area contributed by atoms with Crippen molar-refractivity contribution in [1.82, 2.24) is 10.6 Å². The number of halogens is 1. The van der Waals surface area contributed by atoms with Gasteiger partial charge in [0.05, 0.1) is 6.54 Å². The summed E-state index contributed by atoms with van der Waals surface area (Å²) >= 11 is 0.